The van der Waals surface area contributed by atoms with E-state index in [-0.39, 0.29) is 6.03 Å². The lowest BCUT2D eigenvalue weighted by atomic mass is 10.2. The molecule has 2 amide bonds. The van der Waals surface area contributed by atoms with Crippen molar-refractivity contribution in [1.82, 2.24) is 24.9 Å². The predicted molar refractivity (Wildman–Crippen MR) is 76.4 cm³/mol. The van der Waals surface area contributed by atoms with Crippen LogP contribution in [0.3, 0.4) is 0 Å². The summed E-state index contributed by atoms with van der Waals surface area (Å²) in [5.41, 5.74) is 0.978. The molecule has 6 nitrogen and oxygen atoms in total. The molecule has 2 unspecified atom stereocenters. The van der Waals surface area contributed by atoms with Crippen LogP contribution in [0.2, 0.25) is 0 Å². The minimum atomic E-state index is 0.162. The Bertz CT molecular complexity index is 486. The first-order valence-electron chi connectivity index (χ1n) is 7.49. The smallest absolute Gasteiger partial charge is 0.317 e. The third-order valence-electron chi connectivity index (χ3n) is 4.36. The van der Waals surface area contributed by atoms with Crippen molar-refractivity contribution < 1.29 is 4.79 Å². The van der Waals surface area contributed by atoms with Crippen LogP contribution < -0.4 is 5.32 Å². The van der Waals surface area contributed by atoms with Gasteiger partial charge in [-0.25, -0.2) is 4.79 Å². The van der Waals surface area contributed by atoms with E-state index in [1.54, 1.807) is 0 Å². The number of amides is 2. The van der Waals surface area contributed by atoms with E-state index in [0.29, 0.717) is 18.6 Å². The normalized spacial score (nSPS) is 24.1. The van der Waals surface area contributed by atoms with Crippen LogP contribution in [-0.2, 0) is 6.54 Å². The van der Waals surface area contributed by atoms with E-state index in [1.165, 1.54) is 0 Å². The molecule has 6 heteroatoms. The van der Waals surface area contributed by atoms with Gasteiger partial charge in [0, 0.05) is 38.4 Å². The first-order chi connectivity index (χ1) is 9.69. The van der Waals surface area contributed by atoms with Crippen LogP contribution in [0.15, 0.2) is 12.3 Å². The van der Waals surface area contributed by atoms with Gasteiger partial charge in [0.1, 0.15) is 0 Å². The van der Waals surface area contributed by atoms with Gasteiger partial charge in [0.05, 0.1) is 18.3 Å². The average Bonchev–Trinajstić information content (AvgIpc) is 3.05. The summed E-state index contributed by atoms with van der Waals surface area (Å²) in [6, 6.07) is 2.92. The summed E-state index contributed by atoms with van der Waals surface area (Å²) in [5, 5.41) is 7.93. The number of urea groups is 1. The first-order valence-corrected chi connectivity index (χ1v) is 7.49. The van der Waals surface area contributed by atoms with Crippen LogP contribution in [0.1, 0.15) is 32.0 Å². The lowest BCUT2D eigenvalue weighted by molar-refractivity contribution is 0.178. The maximum atomic E-state index is 12.3. The molecule has 2 atom stereocenters. The van der Waals surface area contributed by atoms with E-state index in [2.05, 4.69) is 24.3 Å². The molecule has 0 spiro atoms. The van der Waals surface area contributed by atoms with Gasteiger partial charge >= 0.3 is 6.03 Å². The molecule has 2 fully saturated rings. The Labute approximate surface area is 119 Å². The molecule has 1 aromatic rings. The number of hydrogen-bond donors (Lipinski definition) is 1. The fourth-order valence-electron chi connectivity index (χ4n) is 2.91. The van der Waals surface area contributed by atoms with Crippen LogP contribution in [0.4, 0.5) is 4.79 Å². The Balaban J connectivity index is 1.66. The van der Waals surface area contributed by atoms with Gasteiger partial charge in [-0.05, 0) is 19.4 Å². The number of nitrogens with one attached hydrogen (secondary N) is 1. The second-order valence-electron chi connectivity index (χ2n) is 5.76. The van der Waals surface area contributed by atoms with Crippen LogP contribution in [0.5, 0.6) is 0 Å². The lowest BCUT2D eigenvalue weighted by Crippen LogP contribution is -2.49. The third kappa shape index (κ3) is 2.40. The Morgan fingerprint density at radius 1 is 1.55 bits per heavy atom. The molecule has 1 N–H and O–H groups in total. The zero-order valence-electron chi connectivity index (χ0n) is 12.2. The van der Waals surface area contributed by atoms with Crippen LogP contribution in [0, 0.1) is 0 Å². The number of piperazine rings is 1. The van der Waals surface area contributed by atoms with Gasteiger partial charge in [0.25, 0.3) is 0 Å². The van der Waals surface area contributed by atoms with Crippen molar-refractivity contribution in [2.45, 2.75) is 38.9 Å². The number of rotatable bonds is 4. The molecule has 20 heavy (non-hydrogen) atoms. The molecule has 2 aliphatic heterocycles. The molecule has 0 aliphatic carbocycles. The van der Waals surface area contributed by atoms with E-state index in [1.807, 2.05) is 26.7 Å². The number of aromatic nitrogens is 2. The van der Waals surface area contributed by atoms with E-state index >= 15 is 0 Å². The number of hydrogen-bond acceptors (Lipinski definition) is 3. The topological polar surface area (TPSA) is 53.4 Å². The standard InChI is InChI=1S/C14H23N5O/c1-3-11(2)19-6-4-12(16-19)9-17-10-13-8-15-5-7-18(13)14(17)20/h4,6,11,13,15H,3,5,7-10H2,1-2H3. The summed E-state index contributed by atoms with van der Waals surface area (Å²) in [4.78, 5) is 16.2. The molecule has 110 valence electrons. The fraction of sp³-hybridized carbons (Fsp3) is 0.714. The SMILES string of the molecule is CCC(C)n1ccc(CN2CC3CNCCN3C2=O)n1. The van der Waals surface area contributed by atoms with Crippen LogP contribution in [-0.4, -0.2) is 57.8 Å². The Kier molecular flexibility index (Phi) is 3.65. The quantitative estimate of drug-likeness (QED) is 0.895. The lowest BCUT2D eigenvalue weighted by Gasteiger charge is -2.28. The largest absolute Gasteiger partial charge is 0.320 e. The number of nitrogens with zero attached hydrogens (tertiary/aromatic N) is 4. The highest BCUT2D eigenvalue weighted by Crippen LogP contribution is 2.19. The number of carbonyl (C=O) groups excluding carboxylic acids is 1. The second kappa shape index (κ2) is 5.44. The van der Waals surface area contributed by atoms with Gasteiger partial charge in [0.2, 0.25) is 0 Å². The molecule has 2 saturated heterocycles. The van der Waals surface area contributed by atoms with Crippen molar-refractivity contribution in [3.05, 3.63) is 18.0 Å². The summed E-state index contributed by atoms with van der Waals surface area (Å²) in [6.07, 6.45) is 3.07. The van der Waals surface area contributed by atoms with Crippen molar-refractivity contribution in [3.63, 3.8) is 0 Å². The Hall–Kier alpha value is -1.56. The molecule has 2 aliphatic rings. The zero-order chi connectivity index (χ0) is 14.1. The van der Waals surface area contributed by atoms with Gasteiger partial charge in [-0.2, -0.15) is 5.10 Å². The highest BCUT2D eigenvalue weighted by Gasteiger charge is 2.38. The molecule has 3 heterocycles. The van der Waals surface area contributed by atoms with Gasteiger partial charge < -0.3 is 15.1 Å². The molecule has 1 aromatic heterocycles. The van der Waals surface area contributed by atoms with Gasteiger partial charge in [-0.15, -0.1) is 0 Å². The molecule has 0 aromatic carbocycles. The first kappa shape index (κ1) is 13.4. The van der Waals surface area contributed by atoms with Gasteiger partial charge in [0.15, 0.2) is 0 Å². The van der Waals surface area contributed by atoms with E-state index < -0.39 is 0 Å². The summed E-state index contributed by atoms with van der Waals surface area (Å²) in [7, 11) is 0. The molecular formula is C14H23N5O. The Morgan fingerprint density at radius 3 is 3.15 bits per heavy atom. The summed E-state index contributed by atoms with van der Waals surface area (Å²) < 4.78 is 1.99. The second-order valence-corrected chi connectivity index (χ2v) is 5.76. The molecule has 3 rings (SSSR count). The van der Waals surface area contributed by atoms with Crippen molar-refractivity contribution >= 4 is 6.03 Å². The molecule has 0 saturated carbocycles. The summed E-state index contributed by atoms with van der Waals surface area (Å²) >= 11 is 0. The molecule has 0 bridgehead atoms. The van der Waals surface area contributed by atoms with Gasteiger partial charge in [-0.3, -0.25) is 4.68 Å². The monoisotopic (exact) mass is 277 g/mol. The fourth-order valence-corrected chi connectivity index (χ4v) is 2.91. The van der Waals surface area contributed by atoms with Crippen LogP contribution in [0.25, 0.3) is 0 Å². The molecule has 0 radical (unpaired) electrons. The average molecular weight is 277 g/mol. The van der Waals surface area contributed by atoms with E-state index in [4.69, 9.17) is 0 Å². The Morgan fingerprint density at radius 2 is 2.40 bits per heavy atom. The molecular weight excluding hydrogens is 254 g/mol. The van der Waals surface area contributed by atoms with Crippen molar-refractivity contribution in [2.75, 3.05) is 26.2 Å². The summed E-state index contributed by atoms with van der Waals surface area (Å²) in [5.74, 6) is 0. The maximum Gasteiger partial charge on any atom is 0.320 e. The predicted octanol–water partition coefficient (Wildman–Crippen LogP) is 1.06. The zero-order valence-corrected chi connectivity index (χ0v) is 12.2. The minimum Gasteiger partial charge on any atom is -0.317 e. The number of fused-ring (bicyclic) bond motifs is 1. The number of carbonyl (C=O) groups is 1. The van der Waals surface area contributed by atoms with Crippen LogP contribution >= 0.6 is 0 Å². The third-order valence-corrected chi connectivity index (χ3v) is 4.36. The highest BCUT2D eigenvalue weighted by atomic mass is 16.2. The van der Waals surface area contributed by atoms with E-state index in [0.717, 1.165) is 38.3 Å². The summed E-state index contributed by atoms with van der Waals surface area (Å²) in [6.45, 7) is 8.37. The van der Waals surface area contributed by atoms with Crippen molar-refractivity contribution in [2.24, 2.45) is 0 Å². The van der Waals surface area contributed by atoms with Crippen molar-refractivity contribution in [3.8, 4) is 0 Å². The van der Waals surface area contributed by atoms with Gasteiger partial charge in [-0.1, -0.05) is 6.92 Å². The highest BCUT2D eigenvalue weighted by molar-refractivity contribution is 5.77. The minimum absolute atomic E-state index is 0.162. The van der Waals surface area contributed by atoms with E-state index in [9.17, 15) is 4.79 Å². The van der Waals surface area contributed by atoms with Crippen molar-refractivity contribution in [1.29, 1.82) is 0 Å². The maximum absolute atomic E-state index is 12.3.